The summed E-state index contributed by atoms with van der Waals surface area (Å²) in [5.41, 5.74) is 4.78. The number of benzene rings is 1. The quantitative estimate of drug-likeness (QED) is 0.443. The molecule has 0 bridgehead atoms. The molecule has 0 spiro atoms. The van der Waals surface area contributed by atoms with E-state index in [1.54, 1.807) is 25.2 Å². The van der Waals surface area contributed by atoms with Gasteiger partial charge in [0.1, 0.15) is 12.1 Å². The van der Waals surface area contributed by atoms with Crippen molar-refractivity contribution < 1.29 is 19.5 Å². The van der Waals surface area contributed by atoms with Crippen molar-refractivity contribution in [2.45, 2.75) is 63.6 Å². The lowest BCUT2D eigenvalue weighted by Gasteiger charge is -2.34. The SMILES string of the molecule is CC(=O)NC(C(=O)N1C[C@H](O)C[C@H]1C(=O)NCc1ccc(-c2scnc2C)cc1)C(C)(C)S. The molecule has 8 nitrogen and oxygen atoms in total. The van der Waals surface area contributed by atoms with Crippen molar-refractivity contribution in [2.75, 3.05) is 6.54 Å². The Balaban J connectivity index is 1.67. The molecular weight excluding hydrogens is 460 g/mol. The van der Waals surface area contributed by atoms with Crippen molar-refractivity contribution in [3.63, 3.8) is 0 Å². The number of amides is 3. The molecule has 3 rings (SSSR count). The molecule has 3 amide bonds. The predicted octanol–water partition coefficient (Wildman–Crippen LogP) is 1.91. The number of nitrogens with zero attached hydrogens (tertiary/aromatic N) is 2. The summed E-state index contributed by atoms with van der Waals surface area (Å²) >= 11 is 6.04. The van der Waals surface area contributed by atoms with Crippen LogP contribution in [0.3, 0.4) is 0 Å². The molecule has 178 valence electrons. The molecule has 0 saturated carbocycles. The van der Waals surface area contributed by atoms with Crippen LogP contribution in [-0.4, -0.2) is 62.2 Å². The predicted molar refractivity (Wildman–Crippen MR) is 131 cm³/mol. The van der Waals surface area contributed by atoms with Gasteiger partial charge >= 0.3 is 0 Å². The van der Waals surface area contributed by atoms with Gasteiger partial charge in [-0.2, -0.15) is 12.6 Å². The van der Waals surface area contributed by atoms with Crippen molar-refractivity contribution in [3.05, 3.63) is 41.0 Å². The zero-order valence-corrected chi connectivity index (χ0v) is 20.9. The first kappa shape index (κ1) is 25.2. The third kappa shape index (κ3) is 6.13. The van der Waals surface area contributed by atoms with Gasteiger partial charge in [-0.3, -0.25) is 14.4 Å². The summed E-state index contributed by atoms with van der Waals surface area (Å²) in [6.07, 6.45) is -0.673. The Morgan fingerprint density at radius 2 is 1.97 bits per heavy atom. The number of aromatic nitrogens is 1. The van der Waals surface area contributed by atoms with Crippen LogP contribution in [0, 0.1) is 6.92 Å². The number of rotatable bonds is 7. The van der Waals surface area contributed by atoms with Gasteiger partial charge in [-0.1, -0.05) is 24.3 Å². The Morgan fingerprint density at radius 3 is 2.52 bits per heavy atom. The highest BCUT2D eigenvalue weighted by molar-refractivity contribution is 7.81. The number of aliphatic hydroxyl groups excluding tert-OH is 1. The first-order valence-electron chi connectivity index (χ1n) is 10.7. The van der Waals surface area contributed by atoms with Crippen LogP contribution >= 0.6 is 24.0 Å². The van der Waals surface area contributed by atoms with E-state index in [2.05, 4.69) is 28.2 Å². The molecule has 1 aliphatic heterocycles. The lowest BCUT2D eigenvalue weighted by atomic mass is 10.0. The van der Waals surface area contributed by atoms with E-state index >= 15 is 0 Å². The highest BCUT2D eigenvalue weighted by Gasteiger charge is 2.44. The van der Waals surface area contributed by atoms with Gasteiger partial charge in [-0.05, 0) is 31.9 Å². The number of thiazole rings is 1. The largest absolute Gasteiger partial charge is 0.391 e. The van der Waals surface area contributed by atoms with Crippen LogP contribution in [0.5, 0.6) is 0 Å². The van der Waals surface area contributed by atoms with E-state index in [1.807, 2.05) is 36.7 Å². The highest BCUT2D eigenvalue weighted by atomic mass is 32.1. The molecule has 1 unspecified atom stereocenters. The Labute approximate surface area is 203 Å². The Hall–Kier alpha value is -2.43. The van der Waals surface area contributed by atoms with Crippen LogP contribution < -0.4 is 10.6 Å². The molecule has 0 radical (unpaired) electrons. The smallest absolute Gasteiger partial charge is 0.247 e. The first-order chi connectivity index (χ1) is 15.5. The van der Waals surface area contributed by atoms with Crippen molar-refractivity contribution in [1.29, 1.82) is 0 Å². The minimum atomic E-state index is -0.929. The van der Waals surface area contributed by atoms with Gasteiger partial charge < -0.3 is 20.6 Å². The Kier molecular flexibility index (Phi) is 7.81. The number of nitrogens with one attached hydrogen (secondary N) is 2. The van der Waals surface area contributed by atoms with Gasteiger partial charge in [0.2, 0.25) is 17.7 Å². The third-order valence-electron chi connectivity index (χ3n) is 5.59. The van der Waals surface area contributed by atoms with Crippen molar-refractivity contribution >= 4 is 41.7 Å². The topological polar surface area (TPSA) is 112 Å². The number of hydrogen-bond donors (Lipinski definition) is 4. The van der Waals surface area contributed by atoms with E-state index in [4.69, 9.17) is 0 Å². The number of likely N-dealkylation sites (tertiary alicyclic amines) is 1. The Morgan fingerprint density at radius 1 is 1.30 bits per heavy atom. The second-order valence-corrected chi connectivity index (χ2v) is 10.9. The monoisotopic (exact) mass is 490 g/mol. The second-order valence-electron chi connectivity index (χ2n) is 8.86. The normalized spacial score (nSPS) is 19.3. The minimum Gasteiger partial charge on any atom is -0.391 e. The van der Waals surface area contributed by atoms with Crippen LogP contribution in [-0.2, 0) is 20.9 Å². The van der Waals surface area contributed by atoms with E-state index in [9.17, 15) is 19.5 Å². The van der Waals surface area contributed by atoms with E-state index < -0.39 is 28.8 Å². The molecule has 3 N–H and O–H groups in total. The average molecular weight is 491 g/mol. The number of hydrogen-bond acceptors (Lipinski definition) is 7. The number of aryl methyl sites for hydroxylation is 1. The summed E-state index contributed by atoms with van der Waals surface area (Å²) in [7, 11) is 0. The summed E-state index contributed by atoms with van der Waals surface area (Å²) in [4.78, 5) is 44.5. The number of thiol groups is 1. The average Bonchev–Trinajstić information content (AvgIpc) is 3.35. The molecule has 1 aromatic heterocycles. The molecule has 2 heterocycles. The number of carbonyl (C=O) groups is 3. The molecular formula is C23H30N4O4S2. The molecule has 2 aromatic rings. The van der Waals surface area contributed by atoms with Crippen LogP contribution in [0.1, 0.15) is 38.4 Å². The number of β-amino-alcohol motifs (C(OH)–C–C–N with tert-alkyl or cyclic N) is 1. The molecule has 3 atom stereocenters. The number of aliphatic hydroxyl groups is 1. The first-order valence-corrected chi connectivity index (χ1v) is 12.0. The fourth-order valence-corrected chi connectivity index (χ4v) is 4.86. The van der Waals surface area contributed by atoms with Gasteiger partial charge in [-0.15, -0.1) is 11.3 Å². The van der Waals surface area contributed by atoms with E-state index in [0.717, 1.165) is 21.7 Å². The fraction of sp³-hybridized carbons (Fsp3) is 0.478. The van der Waals surface area contributed by atoms with Gasteiger partial charge in [0, 0.05) is 31.2 Å². The van der Waals surface area contributed by atoms with Crippen LogP contribution in [0.2, 0.25) is 0 Å². The maximum Gasteiger partial charge on any atom is 0.247 e. The lowest BCUT2D eigenvalue weighted by molar-refractivity contribution is -0.142. The zero-order chi connectivity index (χ0) is 24.3. The fourth-order valence-electron chi connectivity index (χ4n) is 3.88. The molecule has 1 fully saturated rings. The highest BCUT2D eigenvalue weighted by Crippen LogP contribution is 2.28. The van der Waals surface area contributed by atoms with Crippen LogP contribution in [0.25, 0.3) is 10.4 Å². The van der Waals surface area contributed by atoms with Gasteiger partial charge in [0.25, 0.3) is 0 Å². The van der Waals surface area contributed by atoms with Crippen LogP contribution in [0.15, 0.2) is 29.8 Å². The summed E-state index contributed by atoms with van der Waals surface area (Å²) < 4.78 is -0.852. The van der Waals surface area contributed by atoms with E-state index in [1.165, 1.54) is 11.8 Å². The Bertz CT molecular complexity index is 1020. The standard InChI is InChI=1S/C23H30N4O4S2/c1-13-19(33-12-25-13)16-7-5-15(6-8-16)10-24-21(30)18-9-17(29)11-27(18)22(31)20(23(3,4)32)26-14(2)28/h5-8,12,17-18,20,29,32H,9-11H2,1-4H3,(H,24,30)(H,26,28)/t17-,18+,20?/m1/s1. The van der Waals surface area contributed by atoms with Crippen molar-refractivity contribution in [3.8, 4) is 10.4 Å². The molecule has 1 saturated heterocycles. The lowest BCUT2D eigenvalue weighted by Crippen LogP contribution is -2.58. The number of carbonyl (C=O) groups excluding carboxylic acids is 3. The van der Waals surface area contributed by atoms with Gasteiger partial charge in [-0.25, -0.2) is 4.98 Å². The van der Waals surface area contributed by atoms with E-state index in [0.29, 0.717) is 6.54 Å². The molecule has 1 aliphatic rings. The molecule has 1 aromatic carbocycles. The third-order valence-corrected chi connectivity index (χ3v) is 6.83. The summed E-state index contributed by atoms with van der Waals surface area (Å²) in [6, 6.07) is 6.11. The van der Waals surface area contributed by atoms with E-state index in [-0.39, 0.29) is 24.8 Å². The summed E-state index contributed by atoms with van der Waals surface area (Å²) in [6.45, 7) is 7.04. The summed E-state index contributed by atoms with van der Waals surface area (Å²) in [5, 5.41) is 15.7. The summed E-state index contributed by atoms with van der Waals surface area (Å²) in [5.74, 6) is -1.15. The van der Waals surface area contributed by atoms with Crippen molar-refractivity contribution in [2.24, 2.45) is 0 Å². The van der Waals surface area contributed by atoms with Crippen molar-refractivity contribution in [1.82, 2.24) is 20.5 Å². The zero-order valence-electron chi connectivity index (χ0n) is 19.2. The molecule has 0 aliphatic carbocycles. The minimum absolute atomic E-state index is 0.0275. The maximum absolute atomic E-state index is 13.2. The van der Waals surface area contributed by atoms with Crippen LogP contribution in [0.4, 0.5) is 0 Å². The van der Waals surface area contributed by atoms with Gasteiger partial charge in [0.05, 0.1) is 22.2 Å². The maximum atomic E-state index is 13.2. The molecule has 10 heteroatoms. The molecule has 33 heavy (non-hydrogen) atoms. The van der Waals surface area contributed by atoms with Gasteiger partial charge in [0.15, 0.2) is 0 Å². The second kappa shape index (κ2) is 10.2.